The first-order valence-corrected chi connectivity index (χ1v) is 11.1. The number of carbonyl (C=O) groups is 2. The van der Waals surface area contributed by atoms with E-state index >= 15 is 0 Å². The zero-order chi connectivity index (χ0) is 19.5. The van der Waals surface area contributed by atoms with Crippen LogP contribution in [0.1, 0.15) is 55.2 Å². The molecule has 3 saturated heterocycles. The van der Waals surface area contributed by atoms with Gasteiger partial charge in [-0.25, -0.2) is 8.42 Å². The first-order chi connectivity index (χ1) is 12.7. The molecule has 6 nitrogen and oxygen atoms in total. The zero-order valence-corrected chi connectivity index (χ0v) is 16.9. The van der Waals surface area contributed by atoms with E-state index in [4.69, 9.17) is 0 Å². The third-order valence-electron chi connectivity index (χ3n) is 6.24. The maximum Gasteiger partial charge on any atom is 0.244 e. The summed E-state index contributed by atoms with van der Waals surface area (Å²) in [6, 6.07) is 3.39. The molecule has 4 rings (SSSR count). The molecule has 7 heteroatoms. The van der Waals surface area contributed by atoms with Gasteiger partial charge in [-0.15, -0.1) is 0 Å². The molecule has 146 valence electrons. The number of aryl methyl sites for hydroxylation is 3. The minimum absolute atomic E-state index is 0.106. The molecule has 27 heavy (non-hydrogen) atoms. The molecule has 2 amide bonds. The van der Waals surface area contributed by atoms with Gasteiger partial charge < -0.3 is 0 Å². The topological polar surface area (TPSA) is 74.8 Å². The van der Waals surface area contributed by atoms with Crippen molar-refractivity contribution >= 4 is 21.8 Å². The first-order valence-electron chi connectivity index (χ1n) is 9.66. The second kappa shape index (κ2) is 6.41. The second-order valence-corrected chi connectivity index (χ2v) is 10.0. The van der Waals surface area contributed by atoms with Gasteiger partial charge in [0.25, 0.3) is 0 Å². The van der Waals surface area contributed by atoms with Crippen LogP contribution in [0, 0.1) is 20.8 Å². The summed E-state index contributed by atoms with van der Waals surface area (Å²) in [5.41, 5.74) is 2.61. The first kappa shape index (κ1) is 18.6. The van der Waals surface area contributed by atoms with E-state index in [1.807, 2.05) is 32.9 Å². The van der Waals surface area contributed by atoms with Crippen LogP contribution in [0.4, 0.5) is 0 Å². The molecule has 0 spiro atoms. The lowest BCUT2D eigenvalue weighted by atomic mass is 9.98. The van der Waals surface area contributed by atoms with E-state index in [1.165, 1.54) is 4.90 Å². The van der Waals surface area contributed by atoms with Gasteiger partial charge in [-0.2, -0.15) is 4.31 Å². The van der Waals surface area contributed by atoms with Crippen molar-refractivity contribution < 1.29 is 18.0 Å². The van der Waals surface area contributed by atoms with Gasteiger partial charge in [0.15, 0.2) is 0 Å². The van der Waals surface area contributed by atoms with Gasteiger partial charge in [-0.3, -0.25) is 14.5 Å². The van der Waals surface area contributed by atoms with Crippen molar-refractivity contribution in [3.63, 3.8) is 0 Å². The largest absolute Gasteiger partial charge is 0.279 e. The van der Waals surface area contributed by atoms with Crippen molar-refractivity contribution in [2.24, 2.45) is 0 Å². The molecule has 2 atom stereocenters. The van der Waals surface area contributed by atoms with E-state index in [0.717, 1.165) is 29.5 Å². The molecule has 0 radical (unpaired) electrons. The van der Waals surface area contributed by atoms with E-state index in [2.05, 4.69) is 0 Å². The van der Waals surface area contributed by atoms with Crippen LogP contribution < -0.4 is 0 Å². The number of fused-ring (bicyclic) bond motifs is 2. The molecule has 3 heterocycles. The minimum Gasteiger partial charge on any atom is -0.279 e. The van der Waals surface area contributed by atoms with Crippen molar-refractivity contribution in [3.05, 3.63) is 28.8 Å². The van der Waals surface area contributed by atoms with Crippen LogP contribution in [0.2, 0.25) is 0 Å². The molecule has 0 saturated carbocycles. The fraction of sp³-hybridized carbons (Fsp3) is 0.600. The Hall–Kier alpha value is -1.73. The number of benzene rings is 1. The zero-order valence-electron chi connectivity index (χ0n) is 16.1. The average molecular weight is 391 g/mol. The smallest absolute Gasteiger partial charge is 0.244 e. The summed E-state index contributed by atoms with van der Waals surface area (Å²) >= 11 is 0. The number of piperidine rings is 1. The summed E-state index contributed by atoms with van der Waals surface area (Å²) in [4.78, 5) is 26.1. The Kier molecular flexibility index (Phi) is 4.42. The van der Waals surface area contributed by atoms with Crippen molar-refractivity contribution in [1.29, 1.82) is 0 Å². The molecule has 0 aromatic heterocycles. The van der Waals surface area contributed by atoms with E-state index in [0.29, 0.717) is 17.7 Å². The summed E-state index contributed by atoms with van der Waals surface area (Å²) in [5, 5.41) is 0. The lowest BCUT2D eigenvalue weighted by Gasteiger charge is -2.41. The Morgan fingerprint density at radius 2 is 1.33 bits per heavy atom. The summed E-state index contributed by atoms with van der Waals surface area (Å²) in [6.45, 7) is 5.67. The van der Waals surface area contributed by atoms with Crippen LogP contribution in [0.25, 0.3) is 0 Å². The van der Waals surface area contributed by atoms with E-state index < -0.39 is 10.0 Å². The maximum absolute atomic E-state index is 13.5. The SMILES string of the molecule is Cc1cc(C)c(S(=O)(=O)N2C3CCC2CC(N2C(=O)CCC2=O)C3)c(C)c1. The van der Waals surface area contributed by atoms with Gasteiger partial charge in [-0.1, -0.05) is 17.7 Å². The normalized spacial score (nSPS) is 29.0. The Labute approximate surface area is 160 Å². The predicted molar refractivity (Wildman–Crippen MR) is 101 cm³/mol. The number of likely N-dealkylation sites (tertiary alicyclic amines) is 1. The summed E-state index contributed by atoms with van der Waals surface area (Å²) in [5.74, 6) is -0.211. The molecule has 2 unspecified atom stereocenters. The summed E-state index contributed by atoms with van der Waals surface area (Å²) in [6.07, 6.45) is 3.26. The van der Waals surface area contributed by atoms with Crippen molar-refractivity contribution in [2.75, 3.05) is 0 Å². The molecular weight excluding hydrogens is 364 g/mol. The summed E-state index contributed by atoms with van der Waals surface area (Å²) in [7, 11) is -3.61. The molecule has 0 N–H and O–H groups in total. The quantitative estimate of drug-likeness (QED) is 0.743. The minimum atomic E-state index is -3.61. The Morgan fingerprint density at radius 3 is 1.81 bits per heavy atom. The van der Waals surface area contributed by atoms with Crippen LogP contribution in [-0.2, 0) is 19.6 Å². The summed E-state index contributed by atoms with van der Waals surface area (Å²) < 4.78 is 28.8. The second-order valence-electron chi connectivity index (χ2n) is 8.23. The molecule has 3 aliphatic heterocycles. The van der Waals surface area contributed by atoms with Crippen LogP contribution in [0.5, 0.6) is 0 Å². The third-order valence-corrected chi connectivity index (χ3v) is 8.55. The lowest BCUT2D eigenvalue weighted by molar-refractivity contribution is -0.142. The highest BCUT2D eigenvalue weighted by molar-refractivity contribution is 7.89. The van der Waals surface area contributed by atoms with E-state index in [9.17, 15) is 18.0 Å². The van der Waals surface area contributed by atoms with Gasteiger partial charge in [0.2, 0.25) is 21.8 Å². The fourth-order valence-corrected chi connectivity index (χ4v) is 7.70. The van der Waals surface area contributed by atoms with Crippen LogP contribution in [-0.4, -0.2) is 47.6 Å². The van der Waals surface area contributed by atoms with Crippen molar-refractivity contribution in [3.8, 4) is 0 Å². The highest BCUT2D eigenvalue weighted by atomic mass is 32.2. The highest BCUT2D eigenvalue weighted by Gasteiger charge is 2.50. The van der Waals surface area contributed by atoms with Crippen LogP contribution in [0.3, 0.4) is 0 Å². The third kappa shape index (κ3) is 2.91. The lowest BCUT2D eigenvalue weighted by Crippen LogP contribution is -2.53. The monoisotopic (exact) mass is 390 g/mol. The van der Waals surface area contributed by atoms with E-state index in [1.54, 1.807) is 4.31 Å². The molecule has 0 aliphatic carbocycles. The standard InChI is InChI=1S/C20H26N2O4S/c1-12-8-13(2)20(14(3)9-12)27(25,26)22-15-4-5-16(22)11-17(10-15)21-18(23)6-7-19(21)24/h8-9,15-17H,4-7,10-11H2,1-3H3. The van der Waals surface area contributed by atoms with Crippen LogP contribution in [0.15, 0.2) is 17.0 Å². The number of amides is 2. The number of carbonyl (C=O) groups excluding carboxylic acids is 2. The van der Waals surface area contributed by atoms with Crippen molar-refractivity contribution in [1.82, 2.24) is 9.21 Å². The average Bonchev–Trinajstić information content (AvgIpc) is 3.03. The molecule has 1 aromatic carbocycles. The molecule has 3 aliphatic rings. The molecule has 2 bridgehead atoms. The number of hydrogen-bond acceptors (Lipinski definition) is 4. The molecular formula is C20H26N2O4S. The van der Waals surface area contributed by atoms with Gasteiger partial charge >= 0.3 is 0 Å². The van der Waals surface area contributed by atoms with Gasteiger partial charge in [0.1, 0.15) is 0 Å². The van der Waals surface area contributed by atoms with Gasteiger partial charge in [0.05, 0.1) is 4.90 Å². The number of imide groups is 1. The van der Waals surface area contributed by atoms with Crippen molar-refractivity contribution in [2.45, 2.75) is 82.3 Å². The number of nitrogens with zero attached hydrogens (tertiary/aromatic N) is 2. The maximum atomic E-state index is 13.5. The van der Waals surface area contributed by atoms with Gasteiger partial charge in [-0.05, 0) is 57.6 Å². The molecule has 3 fully saturated rings. The predicted octanol–water partition coefficient (Wildman–Crippen LogP) is 2.44. The fourth-order valence-electron chi connectivity index (χ4n) is 5.39. The Balaban J connectivity index is 1.65. The number of rotatable bonds is 3. The molecule has 1 aromatic rings. The number of hydrogen-bond donors (Lipinski definition) is 0. The Morgan fingerprint density at radius 1 is 0.852 bits per heavy atom. The van der Waals surface area contributed by atoms with Gasteiger partial charge in [0, 0.05) is 31.0 Å². The van der Waals surface area contributed by atoms with Crippen LogP contribution >= 0.6 is 0 Å². The number of sulfonamides is 1. The van der Waals surface area contributed by atoms with E-state index in [-0.39, 0.29) is 42.8 Å². The highest BCUT2D eigenvalue weighted by Crippen LogP contribution is 2.43. The Bertz CT molecular complexity index is 871.